The maximum absolute atomic E-state index is 6.07. The largest absolute Gasteiger partial charge is 0.331 e. The van der Waals surface area contributed by atoms with Gasteiger partial charge in [0.25, 0.3) is 0 Å². The van der Waals surface area contributed by atoms with E-state index in [1.807, 2.05) is 0 Å². The SMILES string of the molecule is S=C(Nc1cc(Cl)ccc1Cl)Nc1cccc(Cl)c1Cl. The van der Waals surface area contributed by atoms with Crippen LogP contribution in [0, 0.1) is 0 Å². The zero-order valence-electron chi connectivity index (χ0n) is 9.88. The van der Waals surface area contributed by atoms with Crippen molar-refractivity contribution in [3.63, 3.8) is 0 Å². The van der Waals surface area contributed by atoms with Crippen molar-refractivity contribution in [3.05, 3.63) is 56.5 Å². The zero-order chi connectivity index (χ0) is 14.7. The Balaban J connectivity index is 2.13. The lowest BCUT2D eigenvalue weighted by atomic mass is 10.3. The van der Waals surface area contributed by atoms with E-state index in [0.29, 0.717) is 36.6 Å². The number of hydrogen-bond donors (Lipinski definition) is 2. The highest BCUT2D eigenvalue weighted by atomic mass is 35.5. The summed E-state index contributed by atoms with van der Waals surface area (Å²) in [4.78, 5) is 0. The van der Waals surface area contributed by atoms with E-state index in [2.05, 4.69) is 10.6 Å². The molecule has 0 amide bonds. The van der Waals surface area contributed by atoms with Gasteiger partial charge in [0.15, 0.2) is 5.11 Å². The highest BCUT2D eigenvalue weighted by molar-refractivity contribution is 7.80. The standard InChI is InChI=1S/C13H8Cl4N2S/c14-7-4-5-8(15)11(6-7)19-13(20)18-10-3-1-2-9(16)12(10)17/h1-6H,(H2,18,19,20). The smallest absolute Gasteiger partial charge is 0.175 e. The van der Waals surface area contributed by atoms with Crippen molar-refractivity contribution >= 4 is 75.1 Å². The van der Waals surface area contributed by atoms with Crippen molar-refractivity contribution in [2.45, 2.75) is 0 Å². The third-order valence-electron chi connectivity index (χ3n) is 2.38. The Morgan fingerprint density at radius 1 is 0.850 bits per heavy atom. The van der Waals surface area contributed by atoms with Crippen molar-refractivity contribution in [2.75, 3.05) is 10.6 Å². The van der Waals surface area contributed by atoms with Crippen molar-refractivity contribution in [1.82, 2.24) is 0 Å². The van der Waals surface area contributed by atoms with Crippen LogP contribution >= 0.6 is 58.6 Å². The monoisotopic (exact) mass is 364 g/mol. The molecule has 0 saturated heterocycles. The van der Waals surface area contributed by atoms with E-state index in [9.17, 15) is 0 Å². The average molecular weight is 366 g/mol. The van der Waals surface area contributed by atoms with Gasteiger partial charge in [0.2, 0.25) is 0 Å². The minimum Gasteiger partial charge on any atom is -0.331 e. The van der Waals surface area contributed by atoms with E-state index >= 15 is 0 Å². The van der Waals surface area contributed by atoms with Gasteiger partial charge in [-0.3, -0.25) is 0 Å². The van der Waals surface area contributed by atoms with Crippen LogP contribution < -0.4 is 10.6 Å². The molecule has 0 spiro atoms. The van der Waals surface area contributed by atoms with Gasteiger partial charge in [-0.05, 0) is 42.5 Å². The molecular weight excluding hydrogens is 358 g/mol. The van der Waals surface area contributed by atoms with E-state index in [1.54, 1.807) is 36.4 Å². The molecule has 2 N–H and O–H groups in total. The molecule has 2 nitrogen and oxygen atoms in total. The Labute approximate surface area is 142 Å². The topological polar surface area (TPSA) is 24.1 Å². The van der Waals surface area contributed by atoms with Crippen molar-refractivity contribution < 1.29 is 0 Å². The van der Waals surface area contributed by atoms with Gasteiger partial charge in [-0.2, -0.15) is 0 Å². The van der Waals surface area contributed by atoms with Crippen molar-refractivity contribution in [2.24, 2.45) is 0 Å². The number of hydrogen-bond acceptors (Lipinski definition) is 1. The molecule has 0 aliphatic heterocycles. The normalized spacial score (nSPS) is 10.2. The van der Waals surface area contributed by atoms with Crippen molar-refractivity contribution in [1.29, 1.82) is 0 Å². The number of anilines is 2. The molecule has 104 valence electrons. The Morgan fingerprint density at radius 2 is 1.55 bits per heavy atom. The van der Waals surface area contributed by atoms with Gasteiger partial charge < -0.3 is 10.6 Å². The molecule has 2 aromatic carbocycles. The summed E-state index contributed by atoms with van der Waals surface area (Å²) in [5.41, 5.74) is 1.21. The molecule has 0 aliphatic rings. The summed E-state index contributed by atoms with van der Waals surface area (Å²) in [6.45, 7) is 0. The maximum Gasteiger partial charge on any atom is 0.175 e. The first-order valence-electron chi connectivity index (χ1n) is 5.44. The van der Waals surface area contributed by atoms with E-state index in [1.165, 1.54) is 0 Å². The van der Waals surface area contributed by atoms with Crippen molar-refractivity contribution in [3.8, 4) is 0 Å². The van der Waals surface area contributed by atoms with Gasteiger partial charge in [0, 0.05) is 5.02 Å². The molecule has 0 atom stereocenters. The number of benzene rings is 2. The van der Waals surface area contributed by atoms with Gasteiger partial charge >= 0.3 is 0 Å². The fraction of sp³-hybridized carbons (Fsp3) is 0. The number of thiocarbonyl (C=S) groups is 1. The van der Waals surface area contributed by atoms with Crippen LogP contribution in [0.1, 0.15) is 0 Å². The third kappa shape index (κ3) is 3.90. The third-order valence-corrected chi connectivity index (χ3v) is 3.96. The lowest BCUT2D eigenvalue weighted by Crippen LogP contribution is -2.19. The van der Waals surface area contributed by atoms with E-state index in [-0.39, 0.29) is 0 Å². The minimum absolute atomic E-state index is 0.332. The van der Waals surface area contributed by atoms with Gasteiger partial charge in [-0.25, -0.2) is 0 Å². The highest BCUT2D eigenvalue weighted by Crippen LogP contribution is 2.30. The van der Waals surface area contributed by atoms with E-state index < -0.39 is 0 Å². The molecule has 2 rings (SSSR count). The van der Waals surface area contributed by atoms with Gasteiger partial charge in [0.1, 0.15) is 0 Å². The average Bonchev–Trinajstić information content (AvgIpc) is 2.39. The fourth-order valence-corrected chi connectivity index (χ4v) is 2.37. The van der Waals surface area contributed by atoms with Crippen LogP contribution in [-0.2, 0) is 0 Å². The number of rotatable bonds is 2. The second-order valence-electron chi connectivity index (χ2n) is 3.80. The molecule has 20 heavy (non-hydrogen) atoms. The van der Waals surface area contributed by atoms with Crippen LogP contribution in [0.2, 0.25) is 20.1 Å². The molecule has 0 saturated carbocycles. The molecule has 0 heterocycles. The predicted molar refractivity (Wildman–Crippen MR) is 92.8 cm³/mol. The second kappa shape index (κ2) is 6.83. The van der Waals surface area contributed by atoms with E-state index in [4.69, 9.17) is 58.6 Å². The molecular formula is C13H8Cl4N2S. The van der Waals surface area contributed by atoms with Crippen LogP contribution in [0.3, 0.4) is 0 Å². The molecule has 0 bridgehead atoms. The summed E-state index contributed by atoms with van der Waals surface area (Å²) in [7, 11) is 0. The summed E-state index contributed by atoms with van der Waals surface area (Å²) in [5.74, 6) is 0. The summed E-state index contributed by atoms with van der Waals surface area (Å²) in [6.07, 6.45) is 0. The molecule has 7 heteroatoms. The molecule has 0 radical (unpaired) electrons. The Hall–Kier alpha value is -0.710. The molecule has 0 unspecified atom stereocenters. The van der Waals surface area contributed by atoms with Crippen LogP contribution in [0.4, 0.5) is 11.4 Å². The van der Waals surface area contributed by atoms with E-state index in [0.717, 1.165) is 0 Å². The van der Waals surface area contributed by atoms with Crippen LogP contribution in [0.5, 0.6) is 0 Å². The Bertz CT molecular complexity index is 655. The molecule has 0 aliphatic carbocycles. The highest BCUT2D eigenvalue weighted by Gasteiger charge is 2.08. The van der Waals surface area contributed by atoms with Crippen LogP contribution in [-0.4, -0.2) is 5.11 Å². The van der Waals surface area contributed by atoms with Gasteiger partial charge in [0.05, 0.1) is 26.4 Å². The molecule has 0 fully saturated rings. The fourth-order valence-electron chi connectivity index (χ4n) is 1.47. The second-order valence-corrected chi connectivity index (χ2v) is 5.84. The van der Waals surface area contributed by atoms with Crippen LogP contribution in [0.25, 0.3) is 0 Å². The zero-order valence-corrected chi connectivity index (χ0v) is 13.7. The Morgan fingerprint density at radius 3 is 2.30 bits per heavy atom. The summed E-state index contributed by atoms with van der Waals surface area (Å²) in [5, 5.41) is 8.14. The molecule has 2 aromatic rings. The van der Waals surface area contributed by atoms with Crippen LogP contribution in [0.15, 0.2) is 36.4 Å². The first-order valence-corrected chi connectivity index (χ1v) is 7.36. The summed E-state index contributed by atoms with van der Waals surface area (Å²) >= 11 is 29.1. The first-order chi connectivity index (χ1) is 9.47. The summed E-state index contributed by atoms with van der Waals surface area (Å²) in [6, 6.07) is 10.3. The predicted octanol–water partition coefficient (Wildman–Crippen LogP) is 6.11. The quantitative estimate of drug-likeness (QED) is 0.628. The molecule has 0 aromatic heterocycles. The Kier molecular flexibility index (Phi) is 5.35. The maximum atomic E-state index is 6.07. The van der Waals surface area contributed by atoms with Gasteiger partial charge in [-0.1, -0.05) is 52.5 Å². The summed E-state index contributed by atoms with van der Waals surface area (Å²) < 4.78 is 0. The van der Waals surface area contributed by atoms with Gasteiger partial charge in [-0.15, -0.1) is 0 Å². The lowest BCUT2D eigenvalue weighted by Gasteiger charge is -2.13. The lowest BCUT2D eigenvalue weighted by molar-refractivity contribution is 1.59. The first kappa shape index (κ1) is 15.7. The minimum atomic E-state index is 0.332. The number of nitrogens with one attached hydrogen (secondary N) is 2. The number of halogens is 4.